The van der Waals surface area contributed by atoms with Gasteiger partial charge < -0.3 is 15.9 Å². The molecule has 0 heterocycles. The van der Waals surface area contributed by atoms with E-state index in [2.05, 4.69) is 0 Å². The lowest BCUT2D eigenvalue weighted by atomic mass is 10.0. The van der Waals surface area contributed by atoms with Gasteiger partial charge in [-0.25, -0.2) is 0 Å². The first-order valence-corrected chi connectivity index (χ1v) is 3.85. The lowest BCUT2D eigenvalue weighted by Gasteiger charge is -2.10. The number of aliphatic hydroxyl groups is 2. The minimum absolute atomic E-state index is 0.0413. The minimum Gasteiger partial charge on any atom is -0.399 e. The van der Waals surface area contributed by atoms with Gasteiger partial charge in [-0.15, -0.1) is 0 Å². The molecule has 0 aliphatic carbocycles. The van der Waals surface area contributed by atoms with Crippen molar-refractivity contribution in [2.24, 2.45) is 0 Å². The van der Waals surface area contributed by atoms with Gasteiger partial charge in [0.05, 0.1) is 13.2 Å². The average Bonchev–Trinajstić information content (AvgIpc) is 2.10. The smallest absolute Gasteiger partial charge is 0.0521 e. The summed E-state index contributed by atoms with van der Waals surface area (Å²) >= 11 is 0. The van der Waals surface area contributed by atoms with Crippen LogP contribution in [-0.2, 0) is 0 Å². The van der Waals surface area contributed by atoms with E-state index in [-0.39, 0.29) is 19.1 Å². The Morgan fingerprint density at radius 1 is 1.08 bits per heavy atom. The van der Waals surface area contributed by atoms with Crippen molar-refractivity contribution in [3.63, 3.8) is 0 Å². The highest BCUT2D eigenvalue weighted by atomic mass is 16.3. The zero-order chi connectivity index (χ0) is 8.97. The van der Waals surface area contributed by atoms with E-state index >= 15 is 0 Å². The first-order chi connectivity index (χ1) is 5.77. The van der Waals surface area contributed by atoms with Gasteiger partial charge >= 0.3 is 0 Å². The SMILES string of the molecule is Nc1ccc(C(CO)CO)cc1. The zero-order valence-corrected chi connectivity index (χ0v) is 6.77. The third-order valence-corrected chi connectivity index (χ3v) is 1.85. The number of aliphatic hydroxyl groups excluding tert-OH is 2. The number of nitrogens with two attached hydrogens (primary N) is 1. The Kier molecular flexibility index (Phi) is 3.08. The van der Waals surface area contributed by atoms with E-state index in [4.69, 9.17) is 15.9 Å². The van der Waals surface area contributed by atoms with Crippen molar-refractivity contribution < 1.29 is 10.2 Å². The van der Waals surface area contributed by atoms with E-state index in [9.17, 15) is 0 Å². The number of anilines is 1. The van der Waals surface area contributed by atoms with Gasteiger partial charge in [-0.05, 0) is 17.7 Å². The Morgan fingerprint density at radius 3 is 2.00 bits per heavy atom. The second kappa shape index (κ2) is 4.09. The molecule has 0 aliphatic heterocycles. The quantitative estimate of drug-likeness (QED) is 0.568. The lowest BCUT2D eigenvalue weighted by molar-refractivity contribution is 0.192. The van der Waals surface area contributed by atoms with Crippen LogP contribution in [0.5, 0.6) is 0 Å². The highest BCUT2D eigenvalue weighted by Gasteiger charge is 2.07. The standard InChI is InChI=1S/C9H13NO2/c10-9-3-1-7(2-4-9)8(5-11)6-12/h1-4,8,11-12H,5-6,10H2. The molecule has 3 nitrogen and oxygen atoms in total. The third-order valence-electron chi connectivity index (χ3n) is 1.85. The molecule has 0 atom stereocenters. The van der Waals surface area contributed by atoms with E-state index in [1.54, 1.807) is 12.1 Å². The molecule has 66 valence electrons. The summed E-state index contributed by atoms with van der Waals surface area (Å²) < 4.78 is 0. The lowest BCUT2D eigenvalue weighted by Crippen LogP contribution is -2.08. The summed E-state index contributed by atoms with van der Waals surface area (Å²) in [6.45, 7) is -0.0825. The van der Waals surface area contributed by atoms with Crippen LogP contribution >= 0.6 is 0 Å². The molecule has 0 saturated heterocycles. The number of benzene rings is 1. The largest absolute Gasteiger partial charge is 0.399 e. The molecular weight excluding hydrogens is 154 g/mol. The van der Waals surface area contributed by atoms with Crippen LogP contribution in [0, 0.1) is 0 Å². The zero-order valence-electron chi connectivity index (χ0n) is 6.77. The summed E-state index contributed by atoms with van der Waals surface area (Å²) in [4.78, 5) is 0. The van der Waals surface area contributed by atoms with E-state index in [0.29, 0.717) is 5.69 Å². The van der Waals surface area contributed by atoms with Gasteiger partial charge in [0.2, 0.25) is 0 Å². The van der Waals surface area contributed by atoms with Gasteiger partial charge in [0.25, 0.3) is 0 Å². The number of hydrogen-bond acceptors (Lipinski definition) is 3. The highest BCUT2D eigenvalue weighted by Crippen LogP contribution is 2.15. The normalized spacial score (nSPS) is 10.6. The van der Waals surface area contributed by atoms with Gasteiger partial charge in [-0.1, -0.05) is 12.1 Å². The Balaban J connectivity index is 2.80. The second-order valence-electron chi connectivity index (χ2n) is 2.73. The van der Waals surface area contributed by atoms with Crippen LogP contribution in [0.1, 0.15) is 11.5 Å². The average molecular weight is 167 g/mol. The molecule has 0 bridgehead atoms. The van der Waals surface area contributed by atoms with Crippen molar-refractivity contribution in [3.05, 3.63) is 29.8 Å². The number of nitrogen functional groups attached to an aromatic ring is 1. The van der Waals surface area contributed by atoms with Crippen LogP contribution in [-0.4, -0.2) is 23.4 Å². The molecule has 1 aromatic carbocycles. The van der Waals surface area contributed by atoms with E-state index in [1.165, 1.54) is 0 Å². The Morgan fingerprint density at radius 2 is 1.58 bits per heavy atom. The topological polar surface area (TPSA) is 66.5 Å². The second-order valence-corrected chi connectivity index (χ2v) is 2.73. The Bertz CT molecular complexity index is 229. The summed E-state index contributed by atoms with van der Waals surface area (Å²) in [5.74, 6) is -0.189. The van der Waals surface area contributed by atoms with Crippen LogP contribution in [0.2, 0.25) is 0 Å². The van der Waals surface area contributed by atoms with Crippen LogP contribution < -0.4 is 5.73 Å². The number of hydrogen-bond donors (Lipinski definition) is 3. The fraction of sp³-hybridized carbons (Fsp3) is 0.333. The van der Waals surface area contributed by atoms with Crippen LogP contribution in [0.4, 0.5) is 5.69 Å². The van der Waals surface area contributed by atoms with Crippen molar-refractivity contribution in [2.75, 3.05) is 18.9 Å². The van der Waals surface area contributed by atoms with Crippen molar-refractivity contribution in [2.45, 2.75) is 5.92 Å². The van der Waals surface area contributed by atoms with E-state index in [0.717, 1.165) is 5.56 Å². The third kappa shape index (κ3) is 1.96. The van der Waals surface area contributed by atoms with Crippen molar-refractivity contribution >= 4 is 5.69 Å². The molecular formula is C9H13NO2. The highest BCUT2D eigenvalue weighted by molar-refractivity contribution is 5.40. The molecule has 4 N–H and O–H groups in total. The molecule has 12 heavy (non-hydrogen) atoms. The van der Waals surface area contributed by atoms with Gasteiger partial charge in [0.1, 0.15) is 0 Å². The fourth-order valence-corrected chi connectivity index (χ4v) is 1.04. The van der Waals surface area contributed by atoms with Gasteiger partial charge in [0, 0.05) is 11.6 Å². The van der Waals surface area contributed by atoms with Crippen molar-refractivity contribution in [1.29, 1.82) is 0 Å². The molecule has 3 heteroatoms. The molecule has 0 fully saturated rings. The van der Waals surface area contributed by atoms with Gasteiger partial charge in [-0.2, -0.15) is 0 Å². The maximum atomic E-state index is 8.86. The number of rotatable bonds is 3. The summed E-state index contributed by atoms with van der Waals surface area (Å²) in [5.41, 5.74) is 7.08. The molecule has 0 spiro atoms. The van der Waals surface area contributed by atoms with Crippen LogP contribution in [0.15, 0.2) is 24.3 Å². The first kappa shape index (κ1) is 9.03. The minimum atomic E-state index is -0.189. The molecule has 0 aromatic heterocycles. The van der Waals surface area contributed by atoms with Crippen LogP contribution in [0.25, 0.3) is 0 Å². The van der Waals surface area contributed by atoms with E-state index < -0.39 is 0 Å². The van der Waals surface area contributed by atoms with Crippen LogP contribution in [0.3, 0.4) is 0 Å². The van der Waals surface area contributed by atoms with Crippen molar-refractivity contribution in [3.8, 4) is 0 Å². The molecule has 0 unspecified atom stereocenters. The predicted molar refractivity (Wildman–Crippen MR) is 47.8 cm³/mol. The maximum absolute atomic E-state index is 8.86. The molecule has 1 aromatic rings. The predicted octanol–water partition coefficient (Wildman–Crippen LogP) is 0.337. The fourth-order valence-electron chi connectivity index (χ4n) is 1.04. The summed E-state index contributed by atoms with van der Waals surface area (Å²) in [5, 5.41) is 17.7. The van der Waals surface area contributed by atoms with Gasteiger partial charge in [0.15, 0.2) is 0 Å². The Hall–Kier alpha value is -1.06. The summed E-state index contributed by atoms with van der Waals surface area (Å²) in [6, 6.07) is 7.14. The van der Waals surface area contributed by atoms with Gasteiger partial charge in [-0.3, -0.25) is 0 Å². The van der Waals surface area contributed by atoms with E-state index in [1.807, 2.05) is 12.1 Å². The molecule has 0 aliphatic rings. The maximum Gasteiger partial charge on any atom is 0.0521 e. The monoisotopic (exact) mass is 167 g/mol. The molecule has 0 amide bonds. The molecule has 1 rings (SSSR count). The first-order valence-electron chi connectivity index (χ1n) is 3.85. The Labute approximate surface area is 71.5 Å². The summed E-state index contributed by atoms with van der Waals surface area (Å²) in [7, 11) is 0. The van der Waals surface area contributed by atoms with Crippen molar-refractivity contribution in [1.82, 2.24) is 0 Å². The molecule has 0 radical (unpaired) electrons. The molecule has 0 saturated carbocycles. The summed E-state index contributed by atoms with van der Waals surface area (Å²) in [6.07, 6.45) is 0.